The molecule has 2 aromatic heterocycles. The van der Waals surface area contributed by atoms with Gasteiger partial charge in [0.25, 0.3) is 10.0 Å². The minimum absolute atomic E-state index is 0.0169. The number of anilines is 1. The standard InChI is InChI=1S/C18H17N5O4S/c1-11(2)16-10-19-22-23(16)13-5-3-4-12(8-13)21-28(25,26)14-6-7-15-17(9-14)27-18(24)20-15/h3-11,21H,1-2H3,(H,20,24). The molecule has 4 rings (SSSR count). The van der Waals surface area contributed by atoms with Crippen molar-refractivity contribution in [1.29, 1.82) is 0 Å². The summed E-state index contributed by atoms with van der Waals surface area (Å²) in [4.78, 5) is 13.7. The second kappa shape index (κ2) is 6.64. The van der Waals surface area contributed by atoms with E-state index in [-0.39, 0.29) is 16.4 Å². The predicted octanol–water partition coefficient (Wildman–Crippen LogP) is 2.63. The molecule has 0 saturated carbocycles. The molecule has 2 heterocycles. The van der Waals surface area contributed by atoms with Crippen molar-refractivity contribution in [3.63, 3.8) is 0 Å². The highest BCUT2D eigenvalue weighted by molar-refractivity contribution is 7.92. The van der Waals surface area contributed by atoms with Gasteiger partial charge in [0.2, 0.25) is 0 Å². The quantitative estimate of drug-likeness (QED) is 0.532. The fraction of sp³-hybridized carbons (Fsp3) is 0.167. The maximum absolute atomic E-state index is 12.7. The lowest BCUT2D eigenvalue weighted by atomic mass is 10.1. The summed E-state index contributed by atoms with van der Waals surface area (Å²) in [6.07, 6.45) is 1.68. The summed E-state index contributed by atoms with van der Waals surface area (Å²) in [5.74, 6) is -0.433. The molecule has 0 fully saturated rings. The first-order chi connectivity index (χ1) is 13.3. The van der Waals surface area contributed by atoms with E-state index >= 15 is 0 Å². The van der Waals surface area contributed by atoms with E-state index < -0.39 is 15.8 Å². The fourth-order valence-electron chi connectivity index (χ4n) is 2.85. The van der Waals surface area contributed by atoms with Crippen molar-refractivity contribution in [2.75, 3.05) is 4.72 Å². The van der Waals surface area contributed by atoms with Gasteiger partial charge < -0.3 is 4.42 Å². The van der Waals surface area contributed by atoms with E-state index in [0.717, 1.165) is 5.69 Å². The van der Waals surface area contributed by atoms with Gasteiger partial charge in [-0.1, -0.05) is 25.1 Å². The Labute approximate surface area is 160 Å². The number of benzene rings is 2. The first kappa shape index (κ1) is 18.0. The number of sulfonamides is 1. The Morgan fingerprint density at radius 3 is 2.79 bits per heavy atom. The Morgan fingerprint density at radius 2 is 2.00 bits per heavy atom. The molecule has 2 aromatic carbocycles. The highest BCUT2D eigenvalue weighted by atomic mass is 32.2. The molecule has 0 saturated heterocycles. The Balaban J connectivity index is 1.67. The molecule has 0 unspecified atom stereocenters. The van der Waals surface area contributed by atoms with Gasteiger partial charge in [-0.15, -0.1) is 5.10 Å². The van der Waals surface area contributed by atoms with Crippen LogP contribution in [0.25, 0.3) is 16.8 Å². The lowest BCUT2D eigenvalue weighted by Crippen LogP contribution is -2.13. The third-order valence-electron chi connectivity index (χ3n) is 4.21. The van der Waals surface area contributed by atoms with E-state index in [1.54, 1.807) is 29.1 Å². The van der Waals surface area contributed by atoms with Crippen LogP contribution in [0.4, 0.5) is 5.69 Å². The highest BCUT2D eigenvalue weighted by Crippen LogP contribution is 2.23. The molecule has 2 N–H and O–H groups in total. The van der Waals surface area contributed by atoms with Crippen LogP contribution in [-0.4, -0.2) is 28.4 Å². The molecule has 144 valence electrons. The molecule has 0 aliphatic rings. The third-order valence-corrected chi connectivity index (χ3v) is 5.59. The maximum atomic E-state index is 12.7. The van der Waals surface area contributed by atoms with E-state index in [2.05, 4.69) is 20.0 Å². The van der Waals surface area contributed by atoms with Gasteiger partial charge in [0.05, 0.1) is 33.7 Å². The van der Waals surface area contributed by atoms with Gasteiger partial charge in [-0.2, -0.15) is 0 Å². The number of aromatic amines is 1. The Bertz CT molecular complexity index is 1320. The van der Waals surface area contributed by atoms with Crippen LogP contribution in [0.3, 0.4) is 0 Å². The number of fused-ring (bicyclic) bond motifs is 1. The number of H-pyrrole nitrogens is 1. The first-order valence-corrected chi connectivity index (χ1v) is 9.98. The van der Waals surface area contributed by atoms with Gasteiger partial charge in [0.1, 0.15) is 0 Å². The van der Waals surface area contributed by atoms with Crippen LogP contribution < -0.4 is 10.5 Å². The third kappa shape index (κ3) is 3.29. The monoisotopic (exact) mass is 399 g/mol. The van der Waals surface area contributed by atoms with Crippen molar-refractivity contribution in [2.45, 2.75) is 24.7 Å². The van der Waals surface area contributed by atoms with Crippen LogP contribution in [0.2, 0.25) is 0 Å². The minimum Gasteiger partial charge on any atom is -0.408 e. The zero-order valence-electron chi connectivity index (χ0n) is 15.1. The molecule has 9 nitrogen and oxygen atoms in total. The van der Waals surface area contributed by atoms with Crippen LogP contribution in [0.15, 0.2) is 62.8 Å². The van der Waals surface area contributed by atoms with E-state index in [1.165, 1.54) is 18.2 Å². The lowest BCUT2D eigenvalue weighted by molar-refractivity contribution is 0.554. The average Bonchev–Trinajstić information content (AvgIpc) is 3.26. The van der Waals surface area contributed by atoms with Crippen molar-refractivity contribution in [3.05, 3.63) is 64.9 Å². The summed E-state index contributed by atoms with van der Waals surface area (Å²) >= 11 is 0. The number of hydrogen-bond acceptors (Lipinski definition) is 6. The summed E-state index contributed by atoms with van der Waals surface area (Å²) in [6.45, 7) is 4.05. The van der Waals surface area contributed by atoms with E-state index in [4.69, 9.17) is 4.42 Å². The van der Waals surface area contributed by atoms with Gasteiger partial charge in [-0.25, -0.2) is 17.9 Å². The van der Waals surface area contributed by atoms with Crippen LogP contribution >= 0.6 is 0 Å². The molecule has 28 heavy (non-hydrogen) atoms. The maximum Gasteiger partial charge on any atom is 0.417 e. The summed E-state index contributed by atoms with van der Waals surface area (Å²) in [6, 6.07) is 11.0. The van der Waals surface area contributed by atoms with Crippen LogP contribution in [0.5, 0.6) is 0 Å². The van der Waals surface area contributed by atoms with Gasteiger partial charge >= 0.3 is 5.76 Å². The molecule has 0 bridgehead atoms. The Hall–Kier alpha value is -3.40. The second-order valence-corrected chi connectivity index (χ2v) is 8.24. The lowest BCUT2D eigenvalue weighted by Gasteiger charge is -2.12. The number of nitrogens with one attached hydrogen (secondary N) is 2. The van der Waals surface area contributed by atoms with E-state index in [1.807, 2.05) is 19.9 Å². The van der Waals surface area contributed by atoms with Crippen molar-refractivity contribution < 1.29 is 12.8 Å². The number of aromatic nitrogens is 4. The van der Waals surface area contributed by atoms with Gasteiger partial charge in [-0.05, 0) is 36.2 Å². The number of rotatable bonds is 5. The molecule has 10 heteroatoms. The van der Waals surface area contributed by atoms with Crippen LogP contribution in [0.1, 0.15) is 25.5 Å². The van der Waals surface area contributed by atoms with Crippen molar-refractivity contribution in [3.8, 4) is 5.69 Å². The number of hydrogen-bond donors (Lipinski definition) is 2. The Kier molecular flexibility index (Phi) is 4.27. The molecule has 0 radical (unpaired) electrons. The molecule has 4 aromatic rings. The second-order valence-electron chi connectivity index (χ2n) is 6.55. The first-order valence-electron chi connectivity index (χ1n) is 8.50. The van der Waals surface area contributed by atoms with E-state index in [0.29, 0.717) is 16.9 Å². The minimum atomic E-state index is -3.88. The molecule has 0 aliphatic carbocycles. The van der Waals surface area contributed by atoms with E-state index in [9.17, 15) is 13.2 Å². The summed E-state index contributed by atoms with van der Waals surface area (Å²) < 4.78 is 34.6. The normalized spacial score (nSPS) is 12.0. The molecular formula is C18H17N5O4S. The molecule has 0 spiro atoms. The molecule has 0 aliphatic heterocycles. The van der Waals surface area contributed by atoms with Gasteiger partial charge in [-0.3, -0.25) is 9.71 Å². The zero-order valence-corrected chi connectivity index (χ0v) is 15.9. The van der Waals surface area contributed by atoms with Crippen molar-refractivity contribution in [2.24, 2.45) is 0 Å². The molecular weight excluding hydrogens is 382 g/mol. The molecule has 0 amide bonds. The zero-order chi connectivity index (χ0) is 19.9. The summed E-state index contributed by atoms with van der Waals surface area (Å²) in [7, 11) is -3.88. The smallest absolute Gasteiger partial charge is 0.408 e. The topological polar surface area (TPSA) is 123 Å². The van der Waals surface area contributed by atoms with Crippen LogP contribution in [0, 0.1) is 0 Å². The number of oxazole rings is 1. The van der Waals surface area contributed by atoms with Crippen molar-refractivity contribution in [1.82, 2.24) is 20.0 Å². The average molecular weight is 399 g/mol. The number of nitrogens with zero attached hydrogens (tertiary/aromatic N) is 3. The van der Waals surface area contributed by atoms with Crippen molar-refractivity contribution >= 4 is 26.8 Å². The SMILES string of the molecule is CC(C)c1cnnn1-c1cccc(NS(=O)(=O)c2ccc3[nH]c(=O)oc3c2)c1. The summed E-state index contributed by atoms with van der Waals surface area (Å²) in [5, 5.41) is 8.02. The predicted molar refractivity (Wildman–Crippen MR) is 103 cm³/mol. The molecule has 0 atom stereocenters. The van der Waals surface area contributed by atoms with Gasteiger partial charge in [0, 0.05) is 6.07 Å². The fourth-order valence-corrected chi connectivity index (χ4v) is 3.91. The largest absolute Gasteiger partial charge is 0.417 e. The summed E-state index contributed by atoms with van der Waals surface area (Å²) in [5.41, 5.74) is 2.57. The highest BCUT2D eigenvalue weighted by Gasteiger charge is 2.17. The Morgan fingerprint density at radius 1 is 1.18 bits per heavy atom. The van der Waals surface area contributed by atoms with Crippen LogP contribution in [-0.2, 0) is 10.0 Å². The van der Waals surface area contributed by atoms with Gasteiger partial charge in [0.15, 0.2) is 5.58 Å².